The van der Waals surface area contributed by atoms with E-state index < -0.39 is 5.54 Å². The molecule has 6 heteroatoms. The summed E-state index contributed by atoms with van der Waals surface area (Å²) in [6, 6.07) is 5.45. The summed E-state index contributed by atoms with van der Waals surface area (Å²) in [5, 5.41) is 3.89. The predicted octanol–water partition coefficient (Wildman–Crippen LogP) is 3.63. The average molecular weight is 363 g/mol. The number of nitrogens with one attached hydrogen (secondary N) is 1. The summed E-state index contributed by atoms with van der Waals surface area (Å²) < 4.78 is 11.5. The molecule has 1 aromatic carbocycles. The Morgan fingerprint density at radius 2 is 2.40 bits per heavy atom. The van der Waals surface area contributed by atoms with E-state index in [0.29, 0.717) is 24.7 Å². The molecule has 0 saturated carbocycles. The van der Waals surface area contributed by atoms with E-state index in [-0.39, 0.29) is 12.1 Å². The highest BCUT2D eigenvalue weighted by molar-refractivity contribution is 9.10. The Hall–Kier alpha value is -0.780. The molecule has 1 aliphatic rings. The second kappa shape index (κ2) is 6.33. The van der Waals surface area contributed by atoms with Gasteiger partial charge >= 0.3 is 5.97 Å². The van der Waals surface area contributed by atoms with Crippen molar-refractivity contribution in [3.63, 3.8) is 0 Å². The zero-order chi connectivity index (χ0) is 14.8. The molecule has 2 unspecified atom stereocenters. The molecule has 1 fully saturated rings. The zero-order valence-electron chi connectivity index (χ0n) is 11.4. The van der Waals surface area contributed by atoms with Crippen LogP contribution < -0.4 is 5.32 Å². The van der Waals surface area contributed by atoms with Gasteiger partial charge in [0.25, 0.3) is 0 Å². The SMILES string of the molecule is CCOC(=O)C1(Nc2ccc(Cl)c(Br)c2)CCOC1C. The summed E-state index contributed by atoms with van der Waals surface area (Å²) in [4.78, 5) is 12.3. The van der Waals surface area contributed by atoms with Crippen molar-refractivity contribution in [3.05, 3.63) is 27.7 Å². The minimum absolute atomic E-state index is 0.254. The van der Waals surface area contributed by atoms with Gasteiger partial charge in [0, 0.05) is 23.2 Å². The van der Waals surface area contributed by atoms with E-state index in [1.165, 1.54) is 0 Å². The lowest BCUT2D eigenvalue weighted by Gasteiger charge is -2.31. The Labute approximate surface area is 131 Å². The van der Waals surface area contributed by atoms with Crippen LogP contribution in [0.3, 0.4) is 0 Å². The van der Waals surface area contributed by atoms with E-state index in [2.05, 4.69) is 21.2 Å². The first-order valence-electron chi connectivity index (χ1n) is 6.51. The summed E-state index contributed by atoms with van der Waals surface area (Å²) in [5.41, 5.74) is -0.0461. The van der Waals surface area contributed by atoms with Crippen LogP contribution >= 0.6 is 27.5 Å². The average Bonchev–Trinajstić information content (AvgIpc) is 2.77. The number of ether oxygens (including phenoxy) is 2. The van der Waals surface area contributed by atoms with Crippen molar-refractivity contribution in [3.8, 4) is 0 Å². The Balaban J connectivity index is 2.28. The van der Waals surface area contributed by atoms with Crippen molar-refractivity contribution in [1.82, 2.24) is 0 Å². The maximum absolute atomic E-state index is 12.3. The number of rotatable bonds is 4. The minimum atomic E-state index is -0.844. The van der Waals surface area contributed by atoms with Gasteiger partial charge < -0.3 is 14.8 Å². The zero-order valence-corrected chi connectivity index (χ0v) is 13.8. The third kappa shape index (κ3) is 2.95. The largest absolute Gasteiger partial charge is 0.464 e. The summed E-state index contributed by atoms with van der Waals surface area (Å²) in [5.74, 6) is -0.281. The van der Waals surface area contributed by atoms with E-state index in [0.717, 1.165) is 10.2 Å². The number of anilines is 1. The van der Waals surface area contributed by atoms with Gasteiger partial charge in [0.1, 0.15) is 0 Å². The smallest absolute Gasteiger partial charge is 0.334 e. The summed E-state index contributed by atoms with van der Waals surface area (Å²) in [6.45, 7) is 4.55. The fraction of sp³-hybridized carbons (Fsp3) is 0.500. The minimum Gasteiger partial charge on any atom is -0.464 e. The van der Waals surface area contributed by atoms with E-state index in [4.69, 9.17) is 21.1 Å². The molecule has 1 saturated heterocycles. The molecule has 0 radical (unpaired) electrons. The highest BCUT2D eigenvalue weighted by atomic mass is 79.9. The normalized spacial score (nSPS) is 25.5. The molecule has 0 bridgehead atoms. The van der Waals surface area contributed by atoms with Gasteiger partial charge in [-0.05, 0) is 48.0 Å². The number of esters is 1. The molecule has 0 aromatic heterocycles. The number of hydrogen-bond donors (Lipinski definition) is 1. The van der Waals surface area contributed by atoms with Gasteiger partial charge in [-0.1, -0.05) is 11.6 Å². The monoisotopic (exact) mass is 361 g/mol. The molecule has 1 heterocycles. The third-order valence-corrected chi connectivity index (χ3v) is 4.70. The first-order chi connectivity index (χ1) is 9.49. The van der Waals surface area contributed by atoms with E-state index in [1.54, 1.807) is 13.0 Å². The maximum atomic E-state index is 12.3. The molecule has 2 atom stereocenters. The van der Waals surface area contributed by atoms with Crippen LogP contribution in [0.15, 0.2) is 22.7 Å². The molecule has 0 spiro atoms. The van der Waals surface area contributed by atoms with Gasteiger partial charge in [0.15, 0.2) is 5.54 Å². The Morgan fingerprint density at radius 3 is 2.95 bits per heavy atom. The lowest BCUT2D eigenvalue weighted by Crippen LogP contribution is -2.52. The van der Waals surface area contributed by atoms with E-state index in [1.807, 2.05) is 19.1 Å². The summed E-state index contributed by atoms with van der Waals surface area (Å²) in [6.07, 6.45) is 0.323. The Bertz CT molecular complexity index is 511. The van der Waals surface area contributed by atoms with Gasteiger partial charge in [0.05, 0.1) is 17.7 Å². The van der Waals surface area contributed by atoms with Crippen LogP contribution in [0.2, 0.25) is 5.02 Å². The first-order valence-corrected chi connectivity index (χ1v) is 7.68. The van der Waals surface area contributed by atoms with Gasteiger partial charge in [0.2, 0.25) is 0 Å². The molecule has 20 heavy (non-hydrogen) atoms. The van der Waals surface area contributed by atoms with Crippen molar-refractivity contribution in [2.24, 2.45) is 0 Å². The molecule has 110 valence electrons. The first kappa shape index (κ1) is 15.6. The third-order valence-electron chi connectivity index (χ3n) is 3.48. The predicted molar refractivity (Wildman–Crippen MR) is 82.2 cm³/mol. The van der Waals surface area contributed by atoms with Crippen molar-refractivity contribution in [2.45, 2.75) is 31.9 Å². The van der Waals surface area contributed by atoms with Crippen LogP contribution in [-0.2, 0) is 14.3 Å². The molecule has 0 aliphatic carbocycles. The van der Waals surface area contributed by atoms with Gasteiger partial charge in [-0.15, -0.1) is 0 Å². The van der Waals surface area contributed by atoms with Crippen LogP contribution in [0.5, 0.6) is 0 Å². The van der Waals surface area contributed by atoms with Gasteiger partial charge in [-0.2, -0.15) is 0 Å². The second-order valence-corrected chi connectivity index (χ2v) is 5.97. The summed E-state index contributed by atoms with van der Waals surface area (Å²) >= 11 is 9.36. The fourth-order valence-corrected chi connectivity index (χ4v) is 2.81. The topological polar surface area (TPSA) is 47.6 Å². The Morgan fingerprint density at radius 1 is 1.65 bits per heavy atom. The molecule has 1 aromatic rings. The van der Waals surface area contributed by atoms with E-state index >= 15 is 0 Å². The number of halogens is 2. The van der Waals surface area contributed by atoms with Crippen molar-refractivity contribution in [1.29, 1.82) is 0 Å². The molecule has 1 aliphatic heterocycles. The fourth-order valence-electron chi connectivity index (χ4n) is 2.32. The van der Waals surface area contributed by atoms with Crippen LogP contribution in [0.25, 0.3) is 0 Å². The molecule has 0 amide bonds. The molecular formula is C14H17BrClNO3. The maximum Gasteiger partial charge on any atom is 0.334 e. The lowest BCUT2D eigenvalue weighted by atomic mass is 9.91. The molecule has 2 rings (SSSR count). The molecular weight excluding hydrogens is 346 g/mol. The van der Waals surface area contributed by atoms with Crippen LogP contribution in [-0.4, -0.2) is 30.8 Å². The Kier molecular flexibility index (Phi) is 4.94. The second-order valence-electron chi connectivity index (χ2n) is 4.71. The highest BCUT2D eigenvalue weighted by Gasteiger charge is 2.49. The van der Waals surface area contributed by atoms with Gasteiger partial charge in [-0.25, -0.2) is 4.79 Å². The quantitative estimate of drug-likeness (QED) is 0.831. The summed E-state index contributed by atoms with van der Waals surface area (Å²) in [7, 11) is 0. The van der Waals surface area contributed by atoms with Gasteiger partial charge in [-0.3, -0.25) is 0 Å². The van der Waals surface area contributed by atoms with Crippen LogP contribution in [0.1, 0.15) is 20.3 Å². The highest BCUT2D eigenvalue weighted by Crippen LogP contribution is 2.33. The van der Waals surface area contributed by atoms with Crippen molar-refractivity contribution >= 4 is 39.2 Å². The van der Waals surface area contributed by atoms with Crippen LogP contribution in [0, 0.1) is 0 Å². The van der Waals surface area contributed by atoms with Crippen LogP contribution in [0.4, 0.5) is 5.69 Å². The van der Waals surface area contributed by atoms with Crippen molar-refractivity contribution in [2.75, 3.05) is 18.5 Å². The van der Waals surface area contributed by atoms with E-state index in [9.17, 15) is 4.79 Å². The molecule has 4 nitrogen and oxygen atoms in total. The number of hydrogen-bond acceptors (Lipinski definition) is 4. The standard InChI is InChI=1S/C14H17BrClNO3/c1-3-19-13(18)14(6-7-20-9(14)2)17-10-4-5-12(16)11(15)8-10/h4-5,8-9,17H,3,6-7H2,1-2H3. The number of carbonyl (C=O) groups is 1. The van der Waals surface area contributed by atoms with Crippen molar-refractivity contribution < 1.29 is 14.3 Å². The molecule has 1 N–H and O–H groups in total. The number of carbonyl (C=O) groups excluding carboxylic acids is 1. The lowest BCUT2D eigenvalue weighted by molar-refractivity contribution is -0.150. The number of benzene rings is 1.